The molecule has 1 saturated heterocycles. The molecule has 1 fully saturated rings. The van der Waals surface area contributed by atoms with Crippen molar-refractivity contribution in [2.24, 2.45) is 5.92 Å². The molecule has 100 valence electrons. The first-order chi connectivity index (χ1) is 9.24. The summed E-state index contributed by atoms with van der Waals surface area (Å²) in [7, 11) is 0. The molecule has 2 unspecified atom stereocenters. The van der Waals surface area contributed by atoms with Crippen LogP contribution in [0.4, 0.5) is 0 Å². The summed E-state index contributed by atoms with van der Waals surface area (Å²) in [4.78, 5) is 2.37. The largest absolute Gasteiger partial charge is 0.392 e. The van der Waals surface area contributed by atoms with E-state index in [9.17, 15) is 5.11 Å². The van der Waals surface area contributed by atoms with Gasteiger partial charge in [0.25, 0.3) is 0 Å². The third kappa shape index (κ3) is 2.65. The summed E-state index contributed by atoms with van der Waals surface area (Å²) < 4.78 is 0. The van der Waals surface area contributed by atoms with E-state index in [0.29, 0.717) is 5.92 Å². The molecule has 0 spiro atoms. The molecule has 0 aromatic heterocycles. The van der Waals surface area contributed by atoms with E-state index < -0.39 is 0 Å². The summed E-state index contributed by atoms with van der Waals surface area (Å²) in [6.45, 7) is 4.96. The van der Waals surface area contributed by atoms with E-state index in [1.807, 2.05) is 0 Å². The van der Waals surface area contributed by atoms with Gasteiger partial charge in [-0.1, -0.05) is 49.4 Å². The topological polar surface area (TPSA) is 23.5 Å². The third-order valence-corrected chi connectivity index (χ3v) is 4.28. The minimum Gasteiger partial charge on any atom is -0.392 e. The number of nitrogens with zero attached hydrogens (tertiary/aromatic N) is 1. The van der Waals surface area contributed by atoms with Gasteiger partial charge in [-0.2, -0.15) is 0 Å². The number of β-amino-alcohol motifs (C(OH)–C–C–N with tert-alkyl or cyclic N) is 1. The van der Waals surface area contributed by atoms with Crippen LogP contribution in [0.2, 0.25) is 0 Å². The molecule has 0 radical (unpaired) electrons. The minimum absolute atomic E-state index is 0.177. The van der Waals surface area contributed by atoms with Gasteiger partial charge in [0.05, 0.1) is 6.10 Å². The SMILES string of the molecule is CC1CCN(Cc2cccc3ccccc23)CC1O. The lowest BCUT2D eigenvalue weighted by Gasteiger charge is -2.34. The third-order valence-electron chi connectivity index (χ3n) is 4.28. The Hall–Kier alpha value is -1.38. The Balaban J connectivity index is 1.82. The van der Waals surface area contributed by atoms with E-state index in [1.165, 1.54) is 16.3 Å². The Morgan fingerprint density at radius 3 is 2.79 bits per heavy atom. The predicted molar refractivity (Wildman–Crippen MR) is 79.0 cm³/mol. The van der Waals surface area contributed by atoms with Gasteiger partial charge in [-0.25, -0.2) is 0 Å². The molecule has 2 aromatic rings. The van der Waals surface area contributed by atoms with Crippen molar-refractivity contribution in [1.29, 1.82) is 0 Å². The molecule has 0 aliphatic carbocycles. The Bertz CT molecular complexity index is 561. The van der Waals surface area contributed by atoms with Gasteiger partial charge in [-0.05, 0) is 35.2 Å². The van der Waals surface area contributed by atoms with Crippen molar-refractivity contribution in [2.45, 2.75) is 26.0 Å². The van der Waals surface area contributed by atoms with Crippen molar-refractivity contribution in [2.75, 3.05) is 13.1 Å². The fourth-order valence-electron chi connectivity index (χ4n) is 2.93. The first kappa shape index (κ1) is 12.6. The number of fused-ring (bicyclic) bond motifs is 1. The fourth-order valence-corrected chi connectivity index (χ4v) is 2.93. The first-order valence-electron chi connectivity index (χ1n) is 7.11. The molecule has 2 heteroatoms. The number of likely N-dealkylation sites (tertiary alicyclic amines) is 1. The lowest BCUT2D eigenvalue weighted by atomic mass is 9.95. The number of aliphatic hydroxyl groups excluding tert-OH is 1. The maximum atomic E-state index is 10.00. The average molecular weight is 255 g/mol. The molecule has 0 saturated carbocycles. The second kappa shape index (κ2) is 5.32. The quantitative estimate of drug-likeness (QED) is 0.891. The van der Waals surface area contributed by atoms with Gasteiger partial charge in [0.1, 0.15) is 0 Å². The number of aliphatic hydroxyl groups is 1. The van der Waals surface area contributed by atoms with Gasteiger partial charge in [-0.15, -0.1) is 0 Å². The van der Waals surface area contributed by atoms with Gasteiger partial charge in [-0.3, -0.25) is 4.90 Å². The summed E-state index contributed by atoms with van der Waals surface area (Å²) in [5.41, 5.74) is 1.36. The number of hydrogen-bond donors (Lipinski definition) is 1. The van der Waals surface area contributed by atoms with Gasteiger partial charge in [0.2, 0.25) is 0 Å². The predicted octanol–water partition coefficient (Wildman–Crippen LogP) is 3.04. The normalized spacial score (nSPS) is 24.7. The lowest BCUT2D eigenvalue weighted by Crippen LogP contribution is -2.42. The van der Waals surface area contributed by atoms with Crippen LogP contribution in [0.1, 0.15) is 18.9 Å². The highest BCUT2D eigenvalue weighted by atomic mass is 16.3. The molecule has 19 heavy (non-hydrogen) atoms. The second-order valence-electron chi connectivity index (χ2n) is 5.71. The Morgan fingerprint density at radius 2 is 1.95 bits per heavy atom. The van der Waals surface area contributed by atoms with Crippen LogP contribution in [0.15, 0.2) is 42.5 Å². The zero-order chi connectivity index (χ0) is 13.2. The first-order valence-corrected chi connectivity index (χ1v) is 7.11. The number of piperidine rings is 1. The highest BCUT2D eigenvalue weighted by Gasteiger charge is 2.24. The van der Waals surface area contributed by atoms with Crippen molar-refractivity contribution in [3.63, 3.8) is 0 Å². The van der Waals surface area contributed by atoms with E-state index in [-0.39, 0.29) is 6.10 Å². The van der Waals surface area contributed by atoms with Crippen molar-refractivity contribution < 1.29 is 5.11 Å². The van der Waals surface area contributed by atoms with Gasteiger partial charge in [0.15, 0.2) is 0 Å². The molecule has 2 aromatic carbocycles. The van der Waals surface area contributed by atoms with Gasteiger partial charge < -0.3 is 5.11 Å². The lowest BCUT2D eigenvalue weighted by molar-refractivity contribution is 0.0261. The van der Waals surface area contributed by atoms with E-state index in [1.54, 1.807) is 0 Å². The maximum absolute atomic E-state index is 10.00. The standard InChI is InChI=1S/C17H21NO/c1-13-9-10-18(12-17(13)19)11-15-7-4-6-14-5-2-3-8-16(14)15/h2-8,13,17,19H,9-12H2,1H3. The molecule has 0 amide bonds. The molecule has 1 heterocycles. The highest BCUT2D eigenvalue weighted by Crippen LogP contribution is 2.23. The molecule has 0 bridgehead atoms. The number of rotatable bonds is 2. The van der Waals surface area contributed by atoms with Crippen LogP contribution >= 0.6 is 0 Å². The average Bonchev–Trinajstić information content (AvgIpc) is 2.43. The Morgan fingerprint density at radius 1 is 1.16 bits per heavy atom. The van der Waals surface area contributed by atoms with Crippen LogP contribution in [-0.2, 0) is 6.54 Å². The zero-order valence-electron chi connectivity index (χ0n) is 11.4. The Labute approximate surface area is 114 Å². The van der Waals surface area contributed by atoms with Crippen LogP contribution in [0, 0.1) is 5.92 Å². The van der Waals surface area contributed by atoms with Gasteiger partial charge >= 0.3 is 0 Å². The van der Waals surface area contributed by atoms with E-state index in [0.717, 1.165) is 26.1 Å². The van der Waals surface area contributed by atoms with Crippen molar-refractivity contribution in [3.05, 3.63) is 48.0 Å². The number of hydrogen-bond acceptors (Lipinski definition) is 2. The summed E-state index contributed by atoms with van der Waals surface area (Å²) in [5, 5.41) is 12.6. The summed E-state index contributed by atoms with van der Waals surface area (Å²) >= 11 is 0. The second-order valence-corrected chi connectivity index (χ2v) is 5.71. The molecular formula is C17H21NO. The monoisotopic (exact) mass is 255 g/mol. The minimum atomic E-state index is -0.177. The van der Waals surface area contributed by atoms with Crippen LogP contribution in [-0.4, -0.2) is 29.2 Å². The van der Waals surface area contributed by atoms with Gasteiger partial charge in [0, 0.05) is 13.1 Å². The molecule has 1 aliphatic heterocycles. The maximum Gasteiger partial charge on any atom is 0.0693 e. The summed E-state index contributed by atoms with van der Waals surface area (Å²) in [6, 6.07) is 15.0. The van der Waals surface area contributed by atoms with Crippen LogP contribution in [0.25, 0.3) is 10.8 Å². The molecular weight excluding hydrogens is 234 g/mol. The van der Waals surface area contributed by atoms with Crippen LogP contribution in [0.5, 0.6) is 0 Å². The van der Waals surface area contributed by atoms with E-state index in [4.69, 9.17) is 0 Å². The zero-order valence-corrected chi connectivity index (χ0v) is 11.4. The molecule has 3 rings (SSSR count). The van der Waals surface area contributed by atoms with Crippen molar-refractivity contribution >= 4 is 10.8 Å². The Kier molecular flexibility index (Phi) is 3.54. The molecule has 2 atom stereocenters. The molecule has 2 nitrogen and oxygen atoms in total. The van der Waals surface area contributed by atoms with Crippen molar-refractivity contribution in [1.82, 2.24) is 4.90 Å². The molecule has 1 aliphatic rings. The van der Waals surface area contributed by atoms with Crippen molar-refractivity contribution in [3.8, 4) is 0 Å². The summed E-state index contributed by atoms with van der Waals surface area (Å²) in [5.74, 6) is 0.434. The van der Waals surface area contributed by atoms with E-state index in [2.05, 4.69) is 54.3 Å². The number of benzene rings is 2. The van der Waals surface area contributed by atoms with Crippen LogP contribution in [0.3, 0.4) is 0 Å². The fraction of sp³-hybridized carbons (Fsp3) is 0.412. The smallest absolute Gasteiger partial charge is 0.0693 e. The van der Waals surface area contributed by atoms with Crippen LogP contribution < -0.4 is 0 Å². The molecule has 1 N–H and O–H groups in total. The summed E-state index contributed by atoms with van der Waals surface area (Å²) in [6.07, 6.45) is 0.912. The van der Waals surface area contributed by atoms with E-state index >= 15 is 0 Å². The highest BCUT2D eigenvalue weighted by molar-refractivity contribution is 5.85.